The number of nitrogens with one attached hydrogen (secondary N) is 1. The van der Waals surface area contributed by atoms with Gasteiger partial charge in [0.1, 0.15) is 0 Å². The lowest BCUT2D eigenvalue weighted by atomic mass is 10.2. The molecule has 0 aliphatic carbocycles. The monoisotopic (exact) mass is 321 g/mol. The molecule has 0 saturated carbocycles. The smallest absolute Gasteiger partial charge is 0.281 e. The number of hydrogen-bond acceptors (Lipinski definition) is 2. The highest BCUT2D eigenvalue weighted by Crippen LogP contribution is 2.38. The summed E-state index contributed by atoms with van der Waals surface area (Å²) in [6.45, 7) is 0. The Hall–Kier alpha value is -0.660. The number of alkyl halides is 4. The molecule has 0 saturated heterocycles. The predicted molar refractivity (Wildman–Crippen MR) is 64.6 cm³/mol. The van der Waals surface area contributed by atoms with E-state index in [2.05, 4.69) is 0 Å². The summed E-state index contributed by atoms with van der Waals surface area (Å²) in [4.78, 5) is 0. The van der Waals surface area contributed by atoms with E-state index < -0.39 is 33.2 Å². The number of para-hydroxylation sites is 1. The molecule has 102 valence electrons. The molecule has 0 radical (unpaired) electrons. The van der Waals surface area contributed by atoms with Crippen LogP contribution in [0.3, 0.4) is 0 Å². The molecule has 18 heavy (non-hydrogen) atoms. The minimum atomic E-state index is -4.70. The Balaban J connectivity index is 3.24. The molecule has 1 aromatic rings. The van der Waals surface area contributed by atoms with Crippen molar-refractivity contribution in [3.05, 3.63) is 28.8 Å². The molecule has 1 aromatic carbocycles. The molecule has 0 amide bonds. The van der Waals surface area contributed by atoms with Crippen LogP contribution in [-0.4, -0.2) is 20.1 Å². The van der Waals surface area contributed by atoms with E-state index in [4.69, 9.17) is 23.2 Å². The molecule has 0 bridgehead atoms. The van der Waals surface area contributed by atoms with Gasteiger partial charge in [-0.2, -0.15) is 13.2 Å². The number of halogens is 5. The van der Waals surface area contributed by atoms with Crippen LogP contribution < -0.4 is 4.72 Å². The molecule has 0 aliphatic rings. The molecule has 0 unspecified atom stereocenters. The summed E-state index contributed by atoms with van der Waals surface area (Å²) in [7, 11) is -3.96. The Labute approximate surface area is 112 Å². The van der Waals surface area contributed by atoms with Crippen LogP contribution in [0, 0.1) is 0 Å². The molecular weight excluding hydrogens is 314 g/mol. The van der Waals surface area contributed by atoms with Gasteiger partial charge in [0.15, 0.2) is 0 Å². The zero-order valence-corrected chi connectivity index (χ0v) is 11.1. The molecule has 3 nitrogen and oxygen atoms in total. The molecule has 0 aromatic heterocycles. The second-order valence-corrected chi connectivity index (χ2v) is 5.90. The van der Waals surface area contributed by atoms with Crippen molar-refractivity contribution < 1.29 is 21.6 Å². The summed E-state index contributed by atoms with van der Waals surface area (Å²) >= 11 is 10.8. The predicted octanol–water partition coefficient (Wildman–Crippen LogP) is 3.34. The number of benzene rings is 1. The molecule has 9 heteroatoms. The van der Waals surface area contributed by atoms with Gasteiger partial charge in [-0.05, 0) is 12.1 Å². The fourth-order valence-corrected chi connectivity index (χ4v) is 2.90. The standard InChI is InChI=1S/C9H8Cl2F3NO2S/c10-4-5-18(16,17)15-8-6(9(12,13)14)2-1-3-7(8)11/h1-3,15H,4-5H2. The summed E-state index contributed by atoms with van der Waals surface area (Å²) < 4.78 is 62.6. The molecule has 1 N–H and O–H groups in total. The first-order chi connectivity index (χ1) is 8.17. The average molecular weight is 322 g/mol. The maximum Gasteiger partial charge on any atom is 0.418 e. The zero-order valence-electron chi connectivity index (χ0n) is 8.76. The van der Waals surface area contributed by atoms with Crippen molar-refractivity contribution in [3.8, 4) is 0 Å². The molecule has 0 aliphatic heterocycles. The highest BCUT2D eigenvalue weighted by Gasteiger charge is 2.35. The lowest BCUT2D eigenvalue weighted by Crippen LogP contribution is -2.20. The number of anilines is 1. The third-order valence-electron chi connectivity index (χ3n) is 1.92. The maximum atomic E-state index is 12.7. The molecular formula is C9H8Cl2F3NO2S. The van der Waals surface area contributed by atoms with Crippen molar-refractivity contribution in [2.45, 2.75) is 6.18 Å². The Morgan fingerprint density at radius 2 is 1.89 bits per heavy atom. The quantitative estimate of drug-likeness (QED) is 0.864. The molecule has 0 atom stereocenters. The first-order valence-corrected chi connectivity index (χ1v) is 7.16. The third-order valence-corrected chi connectivity index (χ3v) is 3.91. The van der Waals surface area contributed by atoms with Gasteiger partial charge in [0.2, 0.25) is 10.0 Å². The average Bonchev–Trinajstić information content (AvgIpc) is 2.18. The summed E-state index contributed by atoms with van der Waals surface area (Å²) in [6.07, 6.45) is -4.70. The fraction of sp³-hybridized carbons (Fsp3) is 0.333. The third kappa shape index (κ3) is 3.93. The number of sulfonamides is 1. The van der Waals surface area contributed by atoms with Crippen LogP contribution in [0.4, 0.5) is 18.9 Å². The van der Waals surface area contributed by atoms with Crippen molar-refractivity contribution in [2.75, 3.05) is 16.4 Å². The maximum absolute atomic E-state index is 12.7. The van der Waals surface area contributed by atoms with Gasteiger partial charge < -0.3 is 0 Å². The van der Waals surface area contributed by atoms with Gasteiger partial charge in [-0.25, -0.2) is 8.42 Å². The van der Waals surface area contributed by atoms with Crippen LogP contribution in [0.25, 0.3) is 0 Å². The van der Waals surface area contributed by atoms with Gasteiger partial charge in [-0.1, -0.05) is 17.7 Å². The molecule has 0 heterocycles. The van der Waals surface area contributed by atoms with E-state index in [-0.39, 0.29) is 10.9 Å². The van der Waals surface area contributed by atoms with Gasteiger partial charge in [-0.3, -0.25) is 4.72 Å². The van der Waals surface area contributed by atoms with Crippen LogP contribution in [0.1, 0.15) is 5.56 Å². The molecule has 0 fully saturated rings. The van der Waals surface area contributed by atoms with Crippen molar-refractivity contribution in [1.82, 2.24) is 0 Å². The van der Waals surface area contributed by atoms with Crippen LogP contribution >= 0.6 is 23.2 Å². The van der Waals surface area contributed by atoms with E-state index in [1.54, 1.807) is 4.72 Å². The first-order valence-electron chi connectivity index (χ1n) is 4.59. The zero-order chi connectivity index (χ0) is 14.0. The topological polar surface area (TPSA) is 46.2 Å². The summed E-state index contributed by atoms with van der Waals surface area (Å²) in [5.74, 6) is -0.738. The largest absolute Gasteiger partial charge is 0.418 e. The normalized spacial score (nSPS) is 12.5. The van der Waals surface area contributed by atoms with E-state index in [1.165, 1.54) is 0 Å². The van der Waals surface area contributed by atoms with Gasteiger partial charge in [0.25, 0.3) is 0 Å². The van der Waals surface area contributed by atoms with Crippen molar-refractivity contribution in [2.24, 2.45) is 0 Å². The van der Waals surface area contributed by atoms with E-state index in [0.29, 0.717) is 0 Å². The Kier molecular flexibility index (Phi) is 4.74. The lowest BCUT2D eigenvalue weighted by molar-refractivity contribution is -0.136. The lowest BCUT2D eigenvalue weighted by Gasteiger charge is -2.15. The Morgan fingerprint density at radius 3 is 2.39 bits per heavy atom. The highest BCUT2D eigenvalue weighted by molar-refractivity contribution is 7.92. The Bertz CT molecular complexity index is 531. The van der Waals surface area contributed by atoms with Gasteiger partial charge in [0, 0.05) is 5.88 Å². The van der Waals surface area contributed by atoms with Gasteiger partial charge in [-0.15, -0.1) is 11.6 Å². The minimum Gasteiger partial charge on any atom is -0.281 e. The van der Waals surface area contributed by atoms with Crippen molar-refractivity contribution in [3.63, 3.8) is 0 Å². The second-order valence-electron chi connectivity index (χ2n) is 3.27. The van der Waals surface area contributed by atoms with Crippen LogP contribution in [0.15, 0.2) is 18.2 Å². The van der Waals surface area contributed by atoms with Crippen molar-refractivity contribution >= 4 is 38.9 Å². The Morgan fingerprint density at radius 1 is 1.28 bits per heavy atom. The summed E-state index contributed by atoms with van der Waals surface area (Å²) in [5, 5.41) is -0.331. The second kappa shape index (κ2) is 5.54. The SMILES string of the molecule is O=S(=O)(CCCl)Nc1c(Cl)cccc1C(F)(F)F. The molecule has 1 rings (SSSR count). The van der Waals surface area contributed by atoms with Gasteiger partial charge in [0.05, 0.1) is 22.0 Å². The fourth-order valence-electron chi connectivity index (χ4n) is 1.17. The van der Waals surface area contributed by atoms with Crippen LogP contribution in [-0.2, 0) is 16.2 Å². The minimum absolute atomic E-state index is 0.235. The summed E-state index contributed by atoms with van der Waals surface area (Å²) in [5.41, 5.74) is -1.83. The van der Waals surface area contributed by atoms with E-state index in [0.717, 1.165) is 18.2 Å². The number of hydrogen-bond donors (Lipinski definition) is 1. The van der Waals surface area contributed by atoms with E-state index in [9.17, 15) is 21.6 Å². The van der Waals surface area contributed by atoms with Crippen LogP contribution in [0.5, 0.6) is 0 Å². The summed E-state index contributed by atoms with van der Waals surface area (Å²) in [6, 6.07) is 2.99. The van der Waals surface area contributed by atoms with Crippen molar-refractivity contribution in [1.29, 1.82) is 0 Å². The first kappa shape index (κ1) is 15.4. The van der Waals surface area contributed by atoms with E-state index in [1.807, 2.05) is 0 Å². The number of rotatable bonds is 4. The molecule has 0 spiro atoms. The van der Waals surface area contributed by atoms with Crippen LogP contribution in [0.2, 0.25) is 5.02 Å². The highest BCUT2D eigenvalue weighted by atomic mass is 35.5. The van der Waals surface area contributed by atoms with Gasteiger partial charge >= 0.3 is 6.18 Å². The van der Waals surface area contributed by atoms with E-state index >= 15 is 0 Å².